The number of aromatic amines is 2. The van der Waals surface area contributed by atoms with Crippen LogP contribution < -0.4 is 10.9 Å². The van der Waals surface area contributed by atoms with Gasteiger partial charge in [0.1, 0.15) is 0 Å². The number of thiophene rings is 1. The molecule has 2 aromatic heterocycles. The number of fused-ring (bicyclic) bond motifs is 1. The van der Waals surface area contributed by atoms with Crippen molar-refractivity contribution in [3.8, 4) is 0 Å². The van der Waals surface area contributed by atoms with Crippen LogP contribution >= 0.6 is 11.3 Å². The normalized spacial score (nSPS) is 14.3. The van der Waals surface area contributed by atoms with E-state index in [9.17, 15) is 9.59 Å². The molecule has 0 radical (unpaired) electrons. The molecule has 0 aromatic carbocycles. The zero-order valence-corrected chi connectivity index (χ0v) is 10.3. The molecule has 0 aliphatic carbocycles. The first-order chi connectivity index (χ1) is 8.74. The van der Waals surface area contributed by atoms with Gasteiger partial charge in [0.05, 0.1) is 17.1 Å². The molecule has 0 saturated carbocycles. The number of hydrogen-bond acceptors (Lipinski definition) is 3. The Hall–Kier alpha value is -2.02. The molecule has 0 saturated heterocycles. The maximum absolute atomic E-state index is 12.0. The predicted octanol–water partition coefficient (Wildman–Crippen LogP) is 1.35. The summed E-state index contributed by atoms with van der Waals surface area (Å²) < 4.78 is 0. The van der Waals surface area contributed by atoms with E-state index in [1.165, 1.54) is 11.3 Å². The summed E-state index contributed by atoms with van der Waals surface area (Å²) in [6, 6.07) is 3.57. The van der Waals surface area contributed by atoms with E-state index in [0.717, 1.165) is 10.7 Å². The molecule has 6 nitrogen and oxygen atoms in total. The highest BCUT2D eigenvalue weighted by Gasteiger charge is 2.24. The fraction of sp³-hybridized carbons (Fsp3) is 0.273. The van der Waals surface area contributed by atoms with Gasteiger partial charge in [-0.25, -0.2) is 4.79 Å². The van der Waals surface area contributed by atoms with E-state index in [1.54, 1.807) is 4.90 Å². The molecule has 3 heterocycles. The topological polar surface area (TPSA) is 81.0 Å². The maximum atomic E-state index is 12.0. The second kappa shape index (κ2) is 4.34. The number of nitrogens with one attached hydrogen (secondary N) is 3. The molecule has 0 bridgehead atoms. The van der Waals surface area contributed by atoms with Gasteiger partial charge in [0.2, 0.25) is 0 Å². The fourth-order valence-electron chi connectivity index (χ4n) is 2.02. The van der Waals surface area contributed by atoms with Crippen molar-refractivity contribution in [3.05, 3.63) is 39.1 Å². The molecule has 3 rings (SSSR count). The molecule has 0 fully saturated rings. The number of nitrogens with zero attached hydrogens (tertiary/aromatic N) is 1. The van der Waals surface area contributed by atoms with Crippen LogP contribution in [-0.2, 0) is 13.0 Å². The lowest BCUT2D eigenvalue weighted by Gasteiger charge is -2.25. The van der Waals surface area contributed by atoms with Crippen LogP contribution in [0.15, 0.2) is 22.3 Å². The summed E-state index contributed by atoms with van der Waals surface area (Å²) in [5.74, 6) is 0. The molecule has 7 heteroatoms. The lowest BCUT2D eigenvalue weighted by atomic mass is 10.1. The van der Waals surface area contributed by atoms with Gasteiger partial charge in [-0.1, -0.05) is 0 Å². The average Bonchev–Trinajstić information content (AvgIpc) is 3.00. The fourth-order valence-corrected chi connectivity index (χ4v) is 2.63. The number of aromatic nitrogens is 2. The van der Waals surface area contributed by atoms with Crippen molar-refractivity contribution in [1.29, 1.82) is 0 Å². The van der Waals surface area contributed by atoms with Crippen molar-refractivity contribution in [3.63, 3.8) is 0 Å². The summed E-state index contributed by atoms with van der Waals surface area (Å²) in [6.45, 7) is 0.962. The van der Waals surface area contributed by atoms with Crippen molar-refractivity contribution in [1.82, 2.24) is 15.1 Å². The molecule has 3 N–H and O–H groups in total. The molecular weight excluding hydrogens is 252 g/mol. The summed E-state index contributed by atoms with van der Waals surface area (Å²) >= 11 is 1.47. The Labute approximate surface area is 107 Å². The maximum Gasteiger partial charge on any atom is 0.322 e. The first-order valence-corrected chi connectivity index (χ1v) is 6.50. The van der Waals surface area contributed by atoms with Gasteiger partial charge in [-0.15, -0.1) is 11.3 Å². The summed E-state index contributed by atoms with van der Waals surface area (Å²) in [6.07, 6.45) is 0.673. The Morgan fingerprint density at radius 1 is 1.44 bits per heavy atom. The third-order valence-corrected chi connectivity index (χ3v) is 3.77. The number of H-pyrrole nitrogens is 2. The van der Waals surface area contributed by atoms with E-state index in [1.807, 2.05) is 17.5 Å². The van der Waals surface area contributed by atoms with Crippen LogP contribution in [0.4, 0.5) is 9.80 Å². The van der Waals surface area contributed by atoms with E-state index in [4.69, 9.17) is 0 Å². The highest BCUT2D eigenvalue weighted by molar-refractivity contribution is 7.14. The minimum Gasteiger partial charge on any atom is -0.320 e. The number of anilines is 1. The number of amides is 2. The molecular formula is C11H12N4O2S. The summed E-state index contributed by atoms with van der Waals surface area (Å²) in [5, 5.41) is 10.9. The zero-order chi connectivity index (χ0) is 12.5. The van der Waals surface area contributed by atoms with Gasteiger partial charge in [0.25, 0.3) is 5.56 Å². The van der Waals surface area contributed by atoms with Crippen LogP contribution in [0, 0.1) is 0 Å². The second-order valence-corrected chi connectivity index (χ2v) is 5.06. The third-order valence-electron chi connectivity index (χ3n) is 2.98. The molecule has 2 amide bonds. The van der Waals surface area contributed by atoms with E-state index in [2.05, 4.69) is 15.5 Å². The second-order valence-electron chi connectivity index (χ2n) is 4.12. The number of urea groups is 1. The van der Waals surface area contributed by atoms with Gasteiger partial charge in [-0.2, -0.15) is 0 Å². The van der Waals surface area contributed by atoms with Gasteiger partial charge in [-0.05, 0) is 17.5 Å². The summed E-state index contributed by atoms with van der Waals surface area (Å²) in [5.41, 5.74) is 1.42. The summed E-state index contributed by atoms with van der Waals surface area (Å²) in [4.78, 5) is 25.2. The number of carbonyl (C=O) groups is 1. The lowest BCUT2D eigenvalue weighted by molar-refractivity contribution is 0.206. The van der Waals surface area contributed by atoms with Gasteiger partial charge < -0.3 is 10.00 Å². The van der Waals surface area contributed by atoms with Crippen molar-refractivity contribution >= 4 is 22.4 Å². The van der Waals surface area contributed by atoms with Gasteiger partial charge in [0.15, 0.2) is 0 Å². The summed E-state index contributed by atoms with van der Waals surface area (Å²) in [7, 11) is 0. The van der Waals surface area contributed by atoms with Crippen LogP contribution in [0.2, 0.25) is 0 Å². The van der Waals surface area contributed by atoms with Gasteiger partial charge in [0, 0.05) is 18.7 Å². The lowest BCUT2D eigenvalue weighted by Crippen LogP contribution is -2.39. The number of carbonyl (C=O) groups excluding carboxylic acids is 1. The van der Waals surface area contributed by atoms with Crippen molar-refractivity contribution in [2.45, 2.75) is 13.0 Å². The molecule has 94 valence electrons. The first-order valence-electron chi connectivity index (χ1n) is 5.62. The van der Waals surface area contributed by atoms with E-state index in [-0.39, 0.29) is 11.6 Å². The smallest absolute Gasteiger partial charge is 0.320 e. The molecule has 1 aliphatic heterocycles. The Bertz CT molecular complexity index is 613. The third kappa shape index (κ3) is 1.92. The number of rotatable bonds is 1. The first kappa shape index (κ1) is 11.1. The SMILES string of the molecule is O=C(Nc1cccs1)N1CCc2[nH][nH]c(=O)c2C1. The van der Waals surface area contributed by atoms with Crippen LogP contribution in [0.1, 0.15) is 11.3 Å². The van der Waals surface area contributed by atoms with Gasteiger partial charge in [-0.3, -0.25) is 15.2 Å². The van der Waals surface area contributed by atoms with Crippen molar-refractivity contribution in [2.24, 2.45) is 0 Å². The van der Waals surface area contributed by atoms with Crippen molar-refractivity contribution in [2.75, 3.05) is 11.9 Å². The number of hydrogen-bond donors (Lipinski definition) is 3. The Balaban J connectivity index is 1.74. The van der Waals surface area contributed by atoms with Crippen molar-refractivity contribution < 1.29 is 4.79 Å². The quantitative estimate of drug-likeness (QED) is 0.727. The Morgan fingerprint density at radius 3 is 3.11 bits per heavy atom. The molecule has 1 aliphatic rings. The van der Waals surface area contributed by atoms with E-state index >= 15 is 0 Å². The van der Waals surface area contributed by atoms with E-state index in [0.29, 0.717) is 25.1 Å². The van der Waals surface area contributed by atoms with Crippen LogP contribution in [0.5, 0.6) is 0 Å². The van der Waals surface area contributed by atoms with Crippen LogP contribution in [0.3, 0.4) is 0 Å². The Morgan fingerprint density at radius 2 is 2.33 bits per heavy atom. The minimum absolute atomic E-state index is 0.140. The zero-order valence-electron chi connectivity index (χ0n) is 9.53. The minimum atomic E-state index is -0.163. The predicted molar refractivity (Wildman–Crippen MR) is 68.9 cm³/mol. The molecule has 0 atom stereocenters. The van der Waals surface area contributed by atoms with Crippen LogP contribution in [0.25, 0.3) is 0 Å². The monoisotopic (exact) mass is 264 g/mol. The van der Waals surface area contributed by atoms with E-state index < -0.39 is 0 Å². The van der Waals surface area contributed by atoms with Gasteiger partial charge >= 0.3 is 6.03 Å². The largest absolute Gasteiger partial charge is 0.322 e. The highest BCUT2D eigenvalue weighted by Crippen LogP contribution is 2.18. The molecule has 0 spiro atoms. The highest BCUT2D eigenvalue weighted by atomic mass is 32.1. The molecule has 2 aromatic rings. The standard InChI is InChI=1S/C11H12N4O2S/c16-10-7-6-15(4-3-8(7)13-14-10)11(17)12-9-2-1-5-18-9/h1-2,5H,3-4,6H2,(H,12,17)(H2,13,14,16). The molecule has 18 heavy (non-hydrogen) atoms. The molecule has 0 unspecified atom stereocenters. The van der Waals surface area contributed by atoms with Crippen LogP contribution in [-0.4, -0.2) is 27.7 Å². The average molecular weight is 264 g/mol. The Kier molecular flexibility index (Phi) is 2.67.